The van der Waals surface area contributed by atoms with E-state index in [0.29, 0.717) is 24.5 Å². The fraction of sp³-hybridized carbons (Fsp3) is 0.389. The Morgan fingerprint density at radius 3 is 2.85 bits per heavy atom. The minimum absolute atomic E-state index is 0.182. The van der Waals surface area contributed by atoms with Gasteiger partial charge in [-0.25, -0.2) is 4.79 Å². The minimum atomic E-state index is -0.498. The number of benzene rings is 1. The van der Waals surface area contributed by atoms with E-state index in [9.17, 15) is 9.59 Å². The lowest BCUT2D eigenvalue weighted by atomic mass is 10.0. The molecule has 1 aromatic carbocycles. The Bertz CT molecular complexity index is 775. The number of H-pyrrole nitrogens is 1. The molecule has 1 fully saturated rings. The molecule has 7 nitrogen and oxygen atoms in total. The molecule has 3 rings (SSSR count). The number of nitrogens with one attached hydrogen (secondary N) is 2. The number of carbonyl (C=O) groups is 2. The van der Waals surface area contributed by atoms with Crippen LogP contribution >= 0.6 is 11.6 Å². The van der Waals surface area contributed by atoms with Crippen LogP contribution in [0, 0.1) is 0 Å². The average Bonchev–Trinajstić information content (AvgIpc) is 3.14. The molecular formula is C18H21ClN4O3. The third-order valence-corrected chi connectivity index (χ3v) is 4.77. The molecule has 2 aromatic rings. The van der Waals surface area contributed by atoms with Crippen molar-refractivity contribution in [1.82, 2.24) is 20.4 Å². The smallest absolute Gasteiger partial charge is 0.410 e. The second-order valence-electron chi connectivity index (χ2n) is 6.17. The topological polar surface area (TPSA) is 87.3 Å². The van der Waals surface area contributed by atoms with Crippen LogP contribution in [0.5, 0.6) is 0 Å². The molecule has 0 radical (unpaired) electrons. The maximum atomic E-state index is 12.6. The van der Waals surface area contributed by atoms with Crippen molar-refractivity contribution in [3.05, 3.63) is 41.0 Å². The predicted octanol–water partition coefficient (Wildman–Crippen LogP) is 2.97. The summed E-state index contributed by atoms with van der Waals surface area (Å²) in [7, 11) is 1.33. The molecule has 1 aromatic heterocycles. The first-order chi connectivity index (χ1) is 12.6. The Morgan fingerprint density at radius 1 is 1.35 bits per heavy atom. The van der Waals surface area contributed by atoms with Crippen LogP contribution < -0.4 is 5.32 Å². The highest BCUT2D eigenvalue weighted by molar-refractivity contribution is 6.30. The van der Waals surface area contributed by atoms with Crippen LogP contribution in [-0.2, 0) is 16.1 Å². The van der Waals surface area contributed by atoms with Gasteiger partial charge in [0.15, 0.2) is 0 Å². The monoisotopic (exact) mass is 376 g/mol. The zero-order valence-electron chi connectivity index (χ0n) is 14.5. The van der Waals surface area contributed by atoms with E-state index < -0.39 is 12.1 Å². The summed E-state index contributed by atoms with van der Waals surface area (Å²) in [5, 5.41) is 10.6. The second kappa shape index (κ2) is 8.23. The molecule has 1 atom stereocenters. The van der Waals surface area contributed by atoms with Crippen LogP contribution in [0.4, 0.5) is 4.79 Å². The number of ether oxygens (including phenoxy) is 1. The molecule has 26 heavy (non-hydrogen) atoms. The molecule has 138 valence electrons. The number of methoxy groups -OCH3 is 1. The number of amides is 2. The van der Waals surface area contributed by atoms with Crippen molar-refractivity contribution in [2.75, 3.05) is 13.7 Å². The first-order valence-corrected chi connectivity index (χ1v) is 8.88. The maximum absolute atomic E-state index is 12.6. The number of nitrogens with zero attached hydrogens (tertiary/aromatic N) is 2. The summed E-state index contributed by atoms with van der Waals surface area (Å²) in [4.78, 5) is 26.0. The third kappa shape index (κ3) is 3.99. The van der Waals surface area contributed by atoms with Gasteiger partial charge in [0.2, 0.25) is 5.91 Å². The molecule has 0 bridgehead atoms. The zero-order valence-corrected chi connectivity index (χ0v) is 15.3. The van der Waals surface area contributed by atoms with Crippen molar-refractivity contribution in [1.29, 1.82) is 0 Å². The van der Waals surface area contributed by atoms with Gasteiger partial charge in [0.1, 0.15) is 6.04 Å². The van der Waals surface area contributed by atoms with Gasteiger partial charge < -0.3 is 10.1 Å². The van der Waals surface area contributed by atoms with Crippen LogP contribution in [0.1, 0.15) is 24.8 Å². The quantitative estimate of drug-likeness (QED) is 0.858. The van der Waals surface area contributed by atoms with E-state index in [1.807, 2.05) is 12.1 Å². The lowest BCUT2D eigenvalue weighted by molar-refractivity contribution is -0.127. The number of piperidine rings is 1. The molecule has 8 heteroatoms. The van der Waals surface area contributed by atoms with Gasteiger partial charge in [-0.05, 0) is 37.0 Å². The van der Waals surface area contributed by atoms with Crippen LogP contribution in [-0.4, -0.2) is 46.8 Å². The van der Waals surface area contributed by atoms with E-state index in [1.54, 1.807) is 18.3 Å². The molecule has 2 N–H and O–H groups in total. The number of aromatic amines is 1. The van der Waals surface area contributed by atoms with Gasteiger partial charge in [0.05, 0.1) is 19.0 Å². The standard InChI is InChI=1S/C18H21ClN4O3/c1-26-18(25)23-9-3-2-4-15(23)17(24)20-10-13-11-21-22-16(13)12-5-7-14(19)8-6-12/h5-8,11,15H,2-4,9-10H2,1H3,(H,20,24)(H,21,22). The minimum Gasteiger partial charge on any atom is -0.453 e. The van der Waals surface area contributed by atoms with Gasteiger partial charge >= 0.3 is 6.09 Å². The van der Waals surface area contributed by atoms with Crippen LogP contribution in [0.3, 0.4) is 0 Å². The lowest BCUT2D eigenvalue weighted by Gasteiger charge is -2.33. The number of halogens is 1. The van der Waals surface area contributed by atoms with Crippen molar-refractivity contribution in [3.63, 3.8) is 0 Å². The molecule has 1 unspecified atom stereocenters. The highest BCUT2D eigenvalue weighted by Gasteiger charge is 2.32. The van der Waals surface area contributed by atoms with Crippen LogP contribution in [0.25, 0.3) is 11.3 Å². The molecule has 0 spiro atoms. The Labute approximate surface area is 156 Å². The van der Waals surface area contributed by atoms with Gasteiger partial charge in [-0.1, -0.05) is 23.7 Å². The van der Waals surface area contributed by atoms with E-state index in [-0.39, 0.29) is 5.91 Å². The molecule has 0 aliphatic carbocycles. The SMILES string of the molecule is COC(=O)N1CCCCC1C(=O)NCc1cn[nH]c1-c1ccc(Cl)cc1. The van der Waals surface area contributed by atoms with E-state index in [1.165, 1.54) is 12.0 Å². The second-order valence-corrected chi connectivity index (χ2v) is 6.61. The fourth-order valence-corrected chi connectivity index (χ4v) is 3.28. The van der Waals surface area contributed by atoms with E-state index in [4.69, 9.17) is 16.3 Å². The summed E-state index contributed by atoms with van der Waals surface area (Å²) < 4.78 is 4.79. The van der Waals surface area contributed by atoms with Crippen LogP contribution in [0.2, 0.25) is 5.02 Å². The first kappa shape index (κ1) is 18.3. The highest BCUT2D eigenvalue weighted by Crippen LogP contribution is 2.23. The van der Waals surface area contributed by atoms with Gasteiger partial charge in [0, 0.05) is 23.7 Å². The highest BCUT2D eigenvalue weighted by atomic mass is 35.5. The van der Waals surface area contributed by atoms with Crippen molar-refractivity contribution in [2.45, 2.75) is 31.8 Å². The zero-order chi connectivity index (χ0) is 18.5. The largest absolute Gasteiger partial charge is 0.453 e. The number of hydrogen-bond acceptors (Lipinski definition) is 4. The first-order valence-electron chi connectivity index (χ1n) is 8.50. The third-order valence-electron chi connectivity index (χ3n) is 4.52. The molecule has 1 saturated heterocycles. The Hall–Kier alpha value is -2.54. The maximum Gasteiger partial charge on any atom is 0.410 e. The fourth-order valence-electron chi connectivity index (χ4n) is 3.15. The molecular weight excluding hydrogens is 356 g/mol. The summed E-state index contributed by atoms with van der Waals surface area (Å²) in [6.45, 7) is 0.852. The number of rotatable bonds is 4. The molecule has 1 aliphatic rings. The molecule has 2 heterocycles. The number of aromatic nitrogens is 2. The summed E-state index contributed by atoms with van der Waals surface area (Å²) in [6, 6.07) is 6.89. The molecule has 1 aliphatic heterocycles. The Balaban J connectivity index is 1.67. The number of carbonyl (C=O) groups excluding carboxylic acids is 2. The number of hydrogen-bond donors (Lipinski definition) is 2. The van der Waals surface area contributed by atoms with Crippen molar-refractivity contribution in [3.8, 4) is 11.3 Å². The lowest BCUT2D eigenvalue weighted by Crippen LogP contribution is -2.51. The number of likely N-dealkylation sites (tertiary alicyclic amines) is 1. The summed E-state index contributed by atoms with van der Waals surface area (Å²) in [5.41, 5.74) is 2.63. The Kier molecular flexibility index (Phi) is 5.78. The van der Waals surface area contributed by atoms with Crippen molar-refractivity contribution < 1.29 is 14.3 Å². The molecule has 2 amide bonds. The van der Waals surface area contributed by atoms with Gasteiger partial charge in [-0.15, -0.1) is 0 Å². The van der Waals surface area contributed by atoms with Crippen molar-refractivity contribution in [2.24, 2.45) is 0 Å². The van der Waals surface area contributed by atoms with Gasteiger partial charge in [-0.2, -0.15) is 5.10 Å². The van der Waals surface area contributed by atoms with E-state index in [2.05, 4.69) is 15.5 Å². The van der Waals surface area contributed by atoms with E-state index in [0.717, 1.165) is 29.7 Å². The predicted molar refractivity (Wildman–Crippen MR) is 97.6 cm³/mol. The van der Waals surface area contributed by atoms with Gasteiger partial charge in [-0.3, -0.25) is 14.8 Å². The van der Waals surface area contributed by atoms with E-state index >= 15 is 0 Å². The molecule has 0 saturated carbocycles. The summed E-state index contributed by atoms with van der Waals surface area (Å²) in [6.07, 6.45) is 3.64. The normalized spacial score (nSPS) is 17.0. The van der Waals surface area contributed by atoms with Crippen LogP contribution in [0.15, 0.2) is 30.5 Å². The van der Waals surface area contributed by atoms with Gasteiger partial charge in [0.25, 0.3) is 0 Å². The summed E-state index contributed by atoms with van der Waals surface area (Å²) in [5.74, 6) is -0.182. The summed E-state index contributed by atoms with van der Waals surface area (Å²) >= 11 is 5.93. The van der Waals surface area contributed by atoms with Crippen molar-refractivity contribution >= 4 is 23.6 Å². The average molecular weight is 377 g/mol. The Morgan fingerprint density at radius 2 is 2.12 bits per heavy atom.